The average molecular weight is 362 g/mol. The molecule has 134 valence electrons. The van der Waals surface area contributed by atoms with Gasteiger partial charge in [0.1, 0.15) is 5.75 Å². The van der Waals surface area contributed by atoms with Crippen molar-refractivity contribution in [3.8, 4) is 5.75 Å². The Hall–Kier alpha value is -2.54. The number of aryl methyl sites for hydroxylation is 1. The monoisotopic (exact) mass is 362 g/mol. The predicted octanol–water partition coefficient (Wildman–Crippen LogP) is 3.04. The Morgan fingerprint density at radius 3 is 2.52 bits per heavy atom. The summed E-state index contributed by atoms with van der Waals surface area (Å²) >= 11 is 0. The van der Waals surface area contributed by atoms with Gasteiger partial charge >= 0.3 is 0 Å². The molecule has 0 saturated carbocycles. The van der Waals surface area contributed by atoms with Crippen LogP contribution in [0.4, 0.5) is 11.4 Å². The van der Waals surface area contributed by atoms with E-state index in [9.17, 15) is 13.2 Å². The lowest BCUT2D eigenvalue weighted by molar-refractivity contribution is 0.102. The molecule has 0 aromatic heterocycles. The fourth-order valence-electron chi connectivity index (χ4n) is 2.31. The van der Waals surface area contributed by atoms with Crippen molar-refractivity contribution in [1.29, 1.82) is 0 Å². The molecule has 2 aromatic rings. The number of carbonyl (C=O) groups is 1. The van der Waals surface area contributed by atoms with E-state index in [-0.39, 0.29) is 5.91 Å². The summed E-state index contributed by atoms with van der Waals surface area (Å²) in [4.78, 5) is 12.6. The Bertz CT molecular complexity index is 878. The maximum absolute atomic E-state index is 12.6. The Morgan fingerprint density at radius 1 is 1.20 bits per heavy atom. The summed E-state index contributed by atoms with van der Waals surface area (Å²) in [6.07, 6.45) is 1.12. The predicted molar refractivity (Wildman–Crippen MR) is 100.0 cm³/mol. The molecule has 2 rings (SSSR count). The fourth-order valence-corrected chi connectivity index (χ4v) is 2.87. The molecule has 1 amide bonds. The Morgan fingerprint density at radius 2 is 1.88 bits per heavy atom. The average Bonchev–Trinajstić information content (AvgIpc) is 2.55. The van der Waals surface area contributed by atoms with Gasteiger partial charge in [0, 0.05) is 12.6 Å². The van der Waals surface area contributed by atoms with E-state index in [2.05, 4.69) is 5.32 Å². The van der Waals surface area contributed by atoms with E-state index in [0.717, 1.165) is 16.1 Å². The van der Waals surface area contributed by atoms with Gasteiger partial charge < -0.3 is 10.1 Å². The molecule has 0 bridgehead atoms. The second-order valence-electron chi connectivity index (χ2n) is 5.62. The molecule has 7 heteroatoms. The number of nitrogens with zero attached hydrogens (tertiary/aromatic N) is 1. The van der Waals surface area contributed by atoms with Gasteiger partial charge in [0.15, 0.2) is 0 Å². The summed E-state index contributed by atoms with van der Waals surface area (Å²) in [7, 11) is -1.95. The lowest BCUT2D eigenvalue weighted by Gasteiger charge is -2.20. The van der Waals surface area contributed by atoms with Crippen molar-refractivity contribution in [1.82, 2.24) is 0 Å². The van der Waals surface area contributed by atoms with Crippen molar-refractivity contribution in [3.05, 3.63) is 53.6 Å². The minimum atomic E-state index is -3.41. The fraction of sp³-hybridized carbons (Fsp3) is 0.278. The molecule has 6 nitrogen and oxygen atoms in total. The third kappa shape index (κ3) is 4.51. The Balaban J connectivity index is 2.32. The van der Waals surface area contributed by atoms with Crippen LogP contribution < -0.4 is 14.4 Å². The van der Waals surface area contributed by atoms with Gasteiger partial charge in [-0.15, -0.1) is 0 Å². The molecule has 0 aliphatic carbocycles. The van der Waals surface area contributed by atoms with Crippen LogP contribution in [-0.2, 0) is 10.0 Å². The summed E-state index contributed by atoms with van der Waals surface area (Å²) < 4.78 is 30.2. The lowest BCUT2D eigenvalue weighted by Crippen LogP contribution is -2.26. The van der Waals surface area contributed by atoms with Crippen LogP contribution >= 0.6 is 0 Å². The van der Waals surface area contributed by atoms with E-state index in [1.54, 1.807) is 43.3 Å². The first-order chi connectivity index (χ1) is 11.7. The van der Waals surface area contributed by atoms with Crippen LogP contribution in [0.1, 0.15) is 22.8 Å². The second kappa shape index (κ2) is 7.57. The van der Waals surface area contributed by atoms with Crippen LogP contribution in [0.15, 0.2) is 42.5 Å². The molecule has 25 heavy (non-hydrogen) atoms. The van der Waals surface area contributed by atoms with Crippen LogP contribution in [0, 0.1) is 6.92 Å². The first-order valence-electron chi connectivity index (χ1n) is 7.81. The first-order valence-corrected chi connectivity index (χ1v) is 9.66. The van der Waals surface area contributed by atoms with Crippen LogP contribution in [0.2, 0.25) is 0 Å². The van der Waals surface area contributed by atoms with E-state index >= 15 is 0 Å². The maximum Gasteiger partial charge on any atom is 0.255 e. The van der Waals surface area contributed by atoms with Crippen LogP contribution in [0.5, 0.6) is 5.75 Å². The van der Waals surface area contributed by atoms with Crippen molar-refractivity contribution in [2.45, 2.75) is 13.8 Å². The second-order valence-corrected chi connectivity index (χ2v) is 7.63. The van der Waals surface area contributed by atoms with Gasteiger partial charge in [-0.05, 0) is 43.7 Å². The molecule has 0 radical (unpaired) electrons. The van der Waals surface area contributed by atoms with Crippen molar-refractivity contribution >= 4 is 27.3 Å². The number of para-hydroxylation sites is 2. The molecule has 1 N–H and O–H groups in total. The van der Waals surface area contributed by atoms with Gasteiger partial charge in [0.25, 0.3) is 5.91 Å². The Kier molecular flexibility index (Phi) is 5.69. The summed E-state index contributed by atoms with van der Waals surface area (Å²) in [5.74, 6) is 0.245. The number of anilines is 2. The minimum absolute atomic E-state index is 0.338. The van der Waals surface area contributed by atoms with Crippen molar-refractivity contribution < 1.29 is 17.9 Å². The lowest BCUT2D eigenvalue weighted by atomic mass is 10.1. The summed E-state index contributed by atoms with van der Waals surface area (Å²) in [5.41, 5.74) is 2.16. The largest absolute Gasteiger partial charge is 0.492 e. The molecule has 0 fully saturated rings. The maximum atomic E-state index is 12.6. The highest BCUT2D eigenvalue weighted by molar-refractivity contribution is 7.92. The highest BCUT2D eigenvalue weighted by Gasteiger charge is 2.17. The molecule has 0 atom stereocenters. The van der Waals surface area contributed by atoms with E-state index in [1.165, 1.54) is 7.05 Å². The zero-order valence-electron chi connectivity index (χ0n) is 14.7. The number of ether oxygens (including phenoxy) is 1. The van der Waals surface area contributed by atoms with E-state index < -0.39 is 10.0 Å². The van der Waals surface area contributed by atoms with Crippen LogP contribution in [-0.4, -0.2) is 34.2 Å². The van der Waals surface area contributed by atoms with E-state index in [1.807, 2.05) is 13.0 Å². The molecule has 0 saturated heterocycles. The quantitative estimate of drug-likeness (QED) is 0.857. The van der Waals surface area contributed by atoms with Crippen LogP contribution in [0.3, 0.4) is 0 Å². The summed E-state index contributed by atoms with van der Waals surface area (Å²) in [5, 5.41) is 2.80. The molecular formula is C18H22N2O4S. The molecule has 2 aromatic carbocycles. The zero-order valence-corrected chi connectivity index (χ0v) is 15.6. The number of rotatable bonds is 6. The molecule has 0 aliphatic rings. The van der Waals surface area contributed by atoms with Gasteiger partial charge in [-0.3, -0.25) is 9.10 Å². The highest BCUT2D eigenvalue weighted by Crippen LogP contribution is 2.26. The number of sulfonamides is 1. The molecule has 0 unspecified atom stereocenters. The van der Waals surface area contributed by atoms with E-state index in [4.69, 9.17) is 4.74 Å². The van der Waals surface area contributed by atoms with Crippen molar-refractivity contribution in [3.63, 3.8) is 0 Å². The molecule has 0 aliphatic heterocycles. The SMILES string of the molecule is CCOc1ccccc1NC(=O)c1ccc(C)c(N(C)S(C)(=O)=O)c1. The summed E-state index contributed by atoms with van der Waals surface area (Å²) in [6, 6.07) is 12.1. The van der Waals surface area contributed by atoms with Crippen molar-refractivity contribution in [2.75, 3.05) is 29.5 Å². The van der Waals surface area contributed by atoms with Gasteiger partial charge in [-0.25, -0.2) is 8.42 Å². The minimum Gasteiger partial charge on any atom is -0.492 e. The third-order valence-electron chi connectivity index (χ3n) is 3.74. The number of carbonyl (C=O) groups excluding carboxylic acids is 1. The number of benzene rings is 2. The highest BCUT2D eigenvalue weighted by atomic mass is 32.2. The number of hydrogen-bond donors (Lipinski definition) is 1. The van der Waals surface area contributed by atoms with Crippen molar-refractivity contribution in [2.24, 2.45) is 0 Å². The Labute approximate surface area is 148 Å². The van der Waals surface area contributed by atoms with E-state index in [0.29, 0.717) is 29.3 Å². The van der Waals surface area contributed by atoms with Crippen LogP contribution in [0.25, 0.3) is 0 Å². The normalized spacial score (nSPS) is 11.0. The zero-order chi connectivity index (χ0) is 18.6. The number of amides is 1. The van der Waals surface area contributed by atoms with Gasteiger partial charge in [-0.1, -0.05) is 18.2 Å². The molecular weight excluding hydrogens is 340 g/mol. The smallest absolute Gasteiger partial charge is 0.255 e. The summed E-state index contributed by atoms with van der Waals surface area (Å²) in [6.45, 7) is 4.15. The first kappa shape index (κ1) is 18.8. The third-order valence-corrected chi connectivity index (χ3v) is 4.93. The topological polar surface area (TPSA) is 75.7 Å². The molecule has 0 heterocycles. The van der Waals surface area contributed by atoms with Gasteiger partial charge in [-0.2, -0.15) is 0 Å². The molecule has 0 spiro atoms. The van der Waals surface area contributed by atoms with Gasteiger partial charge in [0.2, 0.25) is 10.0 Å². The number of nitrogens with one attached hydrogen (secondary N) is 1. The standard InChI is InChI=1S/C18H22N2O4S/c1-5-24-17-9-7-6-8-15(17)19-18(21)14-11-10-13(2)16(12-14)20(3)25(4,22)23/h6-12H,5H2,1-4H3,(H,19,21). The van der Waals surface area contributed by atoms with Gasteiger partial charge in [0.05, 0.1) is 24.2 Å². The number of hydrogen-bond acceptors (Lipinski definition) is 4.